The lowest BCUT2D eigenvalue weighted by atomic mass is 10.1. The third kappa shape index (κ3) is 10.3. The van der Waals surface area contributed by atoms with Gasteiger partial charge in [-0.25, -0.2) is 9.80 Å². The molecule has 6 heteroatoms. The van der Waals surface area contributed by atoms with Crippen molar-refractivity contribution in [3.63, 3.8) is 0 Å². The Kier molecular flexibility index (Phi) is 12.8. The maximum absolute atomic E-state index is 11.5. The molecule has 0 spiro atoms. The first-order valence-electron chi connectivity index (χ1n) is 17.7. The van der Waals surface area contributed by atoms with Crippen molar-refractivity contribution in [2.75, 3.05) is 23.1 Å². The molecule has 0 atom stereocenters. The van der Waals surface area contributed by atoms with Crippen LogP contribution in [0.2, 0.25) is 0 Å². The van der Waals surface area contributed by atoms with E-state index in [9.17, 15) is 4.79 Å². The molecule has 0 aromatic heterocycles. The largest absolute Gasteiger partial charge is 0.462 e. The number of ether oxygens (including phenoxy) is 2. The number of para-hydroxylation sites is 2. The summed E-state index contributed by atoms with van der Waals surface area (Å²) in [6.45, 7) is 8.79. The summed E-state index contributed by atoms with van der Waals surface area (Å²) in [7, 11) is 0. The summed E-state index contributed by atoms with van der Waals surface area (Å²) in [6.07, 6.45) is 6.34. The fourth-order valence-electron chi connectivity index (χ4n) is 5.78. The molecule has 6 rings (SSSR count). The van der Waals surface area contributed by atoms with Crippen molar-refractivity contribution in [2.45, 2.75) is 19.4 Å². The van der Waals surface area contributed by atoms with Crippen molar-refractivity contribution < 1.29 is 14.3 Å². The van der Waals surface area contributed by atoms with E-state index in [1.807, 2.05) is 78.0 Å². The van der Waals surface area contributed by atoms with E-state index in [1.54, 1.807) is 0 Å². The maximum atomic E-state index is 11.5. The molecule has 0 aliphatic carbocycles. The molecule has 6 nitrogen and oxygen atoms in total. The van der Waals surface area contributed by atoms with Crippen molar-refractivity contribution in [1.29, 1.82) is 0 Å². The Morgan fingerprint density at radius 3 is 1.53 bits per heavy atom. The van der Waals surface area contributed by atoms with Gasteiger partial charge in [0.05, 0.1) is 37.4 Å². The number of carbonyl (C=O) groups is 1. The minimum absolute atomic E-state index is 0.301. The van der Waals surface area contributed by atoms with Crippen LogP contribution in [-0.4, -0.2) is 25.4 Å². The molecule has 6 aromatic rings. The minimum atomic E-state index is -0.414. The second-order valence-electron chi connectivity index (χ2n) is 12.4. The predicted octanol–water partition coefficient (Wildman–Crippen LogP) is 11.0. The second kappa shape index (κ2) is 18.7. The van der Waals surface area contributed by atoms with Crippen LogP contribution in [0.1, 0.15) is 27.8 Å². The van der Waals surface area contributed by atoms with Crippen LogP contribution in [0, 0.1) is 0 Å². The molecule has 0 saturated heterocycles. The van der Waals surface area contributed by atoms with Gasteiger partial charge < -0.3 is 14.4 Å². The van der Waals surface area contributed by atoms with Gasteiger partial charge >= 0.3 is 5.97 Å². The second-order valence-corrected chi connectivity index (χ2v) is 12.4. The molecule has 0 N–H and O–H groups in total. The Labute approximate surface area is 312 Å². The van der Waals surface area contributed by atoms with Crippen molar-refractivity contribution in [3.05, 3.63) is 205 Å². The molecule has 264 valence electrons. The Balaban J connectivity index is 1.19. The van der Waals surface area contributed by atoms with Crippen LogP contribution in [0.5, 0.6) is 0 Å². The Bertz CT molecular complexity index is 2040. The standard InChI is InChI=1S/C47H43N3O3/c1-3-37-15-17-41(18-16-37)36-52-33-31-38-19-25-42(26-20-38)49(43-27-21-39(22-28-43)32-34-53-47(51)4-2)44-29-23-40(24-30-44)35-48-50(45-11-7-5-8-12-45)46-13-9-6-10-14-46/h3-30,35H,1-2,31-34,36H2. The molecule has 0 heterocycles. The van der Waals surface area contributed by atoms with Crippen molar-refractivity contribution in [1.82, 2.24) is 0 Å². The molecule has 0 bridgehead atoms. The van der Waals surface area contributed by atoms with Gasteiger partial charge in [-0.3, -0.25) is 0 Å². The van der Waals surface area contributed by atoms with Crippen LogP contribution in [0.15, 0.2) is 182 Å². The van der Waals surface area contributed by atoms with Gasteiger partial charge in [0.1, 0.15) is 0 Å². The van der Waals surface area contributed by atoms with Crippen molar-refractivity contribution >= 4 is 46.7 Å². The first-order chi connectivity index (χ1) is 26.1. The smallest absolute Gasteiger partial charge is 0.330 e. The van der Waals surface area contributed by atoms with E-state index in [0.717, 1.165) is 57.1 Å². The minimum Gasteiger partial charge on any atom is -0.462 e. The van der Waals surface area contributed by atoms with Crippen LogP contribution in [0.4, 0.5) is 28.4 Å². The van der Waals surface area contributed by atoms with Gasteiger partial charge in [0.15, 0.2) is 0 Å². The highest BCUT2D eigenvalue weighted by molar-refractivity contribution is 5.84. The zero-order valence-corrected chi connectivity index (χ0v) is 29.8. The molecule has 0 aliphatic heterocycles. The Hall–Kier alpha value is -6.50. The number of esters is 1. The summed E-state index contributed by atoms with van der Waals surface area (Å²) in [5.41, 5.74) is 10.5. The molecule has 0 saturated carbocycles. The molecule has 6 aromatic carbocycles. The number of anilines is 5. The Morgan fingerprint density at radius 2 is 1.02 bits per heavy atom. The normalized spacial score (nSPS) is 10.9. The summed E-state index contributed by atoms with van der Waals surface area (Å²) in [5, 5.41) is 6.82. The lowest BCUT2D eigenvalue weighted by Crippen LogP contribution is -2.11. The fraction of sp³-hybridized carbons (Fsp3) is 0.106. The monoisotopic (exact) mass is 697 g/mol. The zero-order valence-electron chi connectivity index (χ0n) is 29.8. The lowest BCUT2D eigenvalue weighted by Gasteiger charge is -2.26. The van der Waals surface area contributed by atoms with Crippen LogP contribution >= 0.6 is 0 Å². The summed E-state index contributed by atoms with van der Waals surface area (Å²) in [4.78, 5) is 13.7. The average Bonchev–Trinajstić information content (AvgIpc) is 3.22. The number of hydrazone groups is 1. The van der Waals surface area contributed by atoms with E-state index in [1.165, 1.54) is 11.6 Å². The first kappa shape index (κ1) is 36.3. The van der Waals surface area contributed by atoms with E-state index >= 15 is 0 Å². The van der Waals surface area contributed by atoms with Gasteiger partial charge in [0, 0.05) is 29.6 Å². The van der Waals surface area contributed by atoms with Gasteiger partial charge in [0.2, 0.25) is 0 Å². The van der Waals surface area contributed by atoms with Gasteiger partial charge in [-0.15, -0.1) is 0 Å². The van der Waals surface area contributed by atoms with Crippen LogP contribution in [-0.2, 0) is 33.7 Å². The van der Waals surface area contributed by atoms with Gasteiger partial charge in [-0.1, -0.05) is 116 Å². The molecular formula is C47H43N3O3. The van der Waals surface area contributed by atoms with E-state index < -0.39 is 5.97 Å². The number of carbonyl (C=O) groups excluding carboxylic acids is 1. The molecule has 0 radical (unpaired) electrons. The quantitative estimate of drug-likeness (QED) is 0.0312. The fourth-order valence-corrected chi connectivity index (χ4v) is 5.78. The van der Waals surface area contributed by atoms with E-state index in [4.69, 9.17) is 14.6 Å². The summed E-state index contributed by atoms with van der Waals surface area (Å²) >= 11 is 0. The third-order valence-electron chi connectivity index (χ3n) is 8.69. The highest BCUT2D eigenvalue weighted by Gasteiger charge is 2.14. The number of hydrogen-bond donors (Lipinski definition) is 0. The SMILES string of the molecule is C=CC(=O)OCCc1ccc(N(c2ccc(C=NN(c3ccccc3)c3ccccc3)cc2)c2ccc(CCOCc3ccc(C=C)cc3)cc2)cc1. The van der Waals surface area contributed by atoms with Gasteiger partial charge in [-0.05, 0) is 94.9 Å². The van der Waals surface area contributed by atoms with Crippen LogP contribution in [0.25, 0.3) is 6.08 Å². The lowest BCUT2D eigenvalue weighted by molar-refractivity contribution is -0.137. The number of hydrogen-bond acceptors (Lipinski definition) is 6. The van der Waals surface area contributed by atoms with Crippen LogP contribution in [0.3, 0.4) is 0 Å². The summed E-state index contributed by atoms with van der Waals surface area (Å²) in [5.74, 6) is -0.414. The Morgan fingerprint density at radius 1 is 0.547 bits per heavy atom. The maximum Gasteiger partial charge on any atom is 0.330 e. The number of rotatable bonds is 17. The van der Waals surface area contributed by atoms with E-state index in [2.05, 4.69) is 115 Å². The molecule has 0 amide bonds. The highest BCUT2D eigenvalue weighted by atomic mass is 16.5. The topological polar surface area (TPSA) is 54.4 Å². The number of benzene rings is 6. The van der Waals surface area contributed by atoms with E-state index in [-0.39, 0.29) is 0 Å². The highest BCUT2D eigenvalue weighted by Crippen LogP contribution is 2.35. The van der Waals surface area contributed by atoms with Gasteiger partial charge in [-0.2, -0.15) is 5.10 Å². The number of nitrogens with zero attached hydrogens (tertiary/aromatic N) is 3. The molecule has 0 unspecified atom stereocenters. The van der Waals surface area contributed by atoms with Gasteiger partial charge in [0.25, 0.3) is 0 Å². The van der Waals surface area contributed by atoms with Crippen molar-refractivity contribution in [2.24, 2.45) is 5.10 Å². The van der Waals surface area contributed by atoms with Crippen molar-refractivity contribution in [3.8, 4) is 0 Å². The molecule has 0 aliphatic rings. The molecular weight excluding hydrogens is 655 g/mol. The van der Waals surface area contributed by atoms with E-state index in [0.29, 0.717) is 26.2 Å². The predicted molar refractivity (Wildman–Crippen MR) is 218 cm³/mol. The summed E-state index contributed by atoms with van der Waals surface area (Å²) in [6, 6.07) is 53.9. The molecule has 0 fully saturated rings. The average molecular weight is 698 g/mol. The first-order valence-corrected chi connectivity index (χ1v) is 17.7. The third-order valence-corrected chi connectivity index (χ3v) is 8.69. The summed E-state index contributed by atoms with van der Waals surface area (Å²) < 4.78 is 11.2. The zero-order chi connectivity index (χ0) is 36.7. The molecule has 53 heavy (non-hydrogen) atoms. The van der Waals surface area contributed by atoms with Crippen LogP contribution < -0.4 is 9.91 Å².